The topological polar surface area (TPSA) is 79.7 Å². The van der Waals surface area contributed by atoms with Crippen LogP contribution in [0.4, 0.5) is 16.4 Å². The van der Waals surface area contributed by atoms with Crippen LogP contribution in [0.15, 0.2) is 41.3 Å². The normalized spacial score (nSPS) is 19.3. The number of ether oxygens (including phenoxy) is 1. The molecule has 2 aromatic rings. The van der Waals surface area contributed by atoms with Crippen LogP contribution in [0.5, 0.6) is 0 Å². The largest absolute Gasteiger partial charge is 0.444 e. The van der Waals surface area contributed by atoms with E-state index in [4.69, 9.17) is 9.72 Å². The summed E-state index contributed by atoms with van der Waals surface area (Å²) in [7, 11) is 0. The molecule has 1 fully saturated rings. The molecule has 1 amide bonds. The second-order valence-electron chi connectivity index (χ2n) is 8.86. The number of amides is 1. The van der Waals surface area contributed by atoms with Crippen LogP contribution >= 0.6 is 15.9 Å². The van der Waals surface area contributed by atoms with Crippen LogP contribution in [0.1, 0.15) is 40.2 Å². The molecule has 2 atom stereocenters. The Hall–Kier alpha value is -2.55. The van der Waals surface area contributed by atoms with Crippen molar-refractivity contribution in [2.45, 2.75) is 57.6 Å². The van der Waals surface area contributed by atoms with E-state index in [9.17, 15) is 9.59 Å². The highest BCUT2D eigenvalue weighted by molar-refractivity contribution is 9.08. The number of rotatable bonds is 4. The number of hydrogen-bond donors (Lipinski definition) is 1. The maximum absolute atomic E-state index is 12.6. The van der Waals surface area contributed by atoms with Crippen molar-refractivity contribution in [2.75, 3.05) is 23.4 Å². The number of halogens is 1. The Labute approximate surface area is 191 Å². The van der Waals surface area contributed by atoms with Gasteiger partial charge in [-0.3, -0.25) is 10.2 Å². The number of alkyl halides is 1. The molecule has 0 saturated carbocycles. The van der Waals surface area contributed by atoms with Gasteiger partial charge in [-0.15, -0.1) is 0 Å². The minimum absolute atomic E-state index is 0.0253. The molecule has 3 rings (SSSR count). The lowest BCUT2D eigenvalue weighted by Gasteiger charge is -2.44. The Balaban J connectivity index is 1.76. The average molecular weight is 492 g/mol. The summed E-state index contributed by atoms with van der Waals surface area (Å²) in [6, 6.07) is 9.01. The molecule has 1 aliphatic rings. The van der Waals surface area contributed by atoms with Gasteiger partial charge >= 0.3 is 6.09 Å². The molecule has 0 bridgehead atoms. The van der Waals surface area contributed by atoms with Crippen LogP contribution in [0.2, 0.25) is 0 Å². The highest BCUT2D eigenvalue weighted by Gasteiger charge is 2.35. The fourth-order valence-electron chi connectivity index (χ4n) is 3.49. The van der Waals surface area contributed by atoms with Gasteiger partial charge in [0.2, 0.25) is 0 Å². The third kappa shape index (κ3) is 5.78. The van der Waals surface area contributed by atoms with Gasteiger partial charge in [-0.25, -0.2) is 14.5 Å². The first-order valence-electron chi connectivity index (χ1n) is 10.4. The summed E-state index contributed by atoms with van der Waals surface area (Å²) in [6.07, 6.45) is 1.45. The van der Waals surface area contributed by atoms with Crippen LogP contribution in [-0.4, -0.2) is 51.4 Å². The SMILES string of the molecule is C[C@@H]1CN(c2cccc(Nn3cc(CBr)ccc3=O)n2)[C@@H](C)CN1C(=O)OC(C)(C)C. The van der Waals surface area contributed by atoms with Gasteiger partial charge < -0.3 is 14.5 Å². The van der Waals surface area contributed by atoms with E-state index >= 15 is 0 Å². The monoisotopic (exact) mass is 491 g/mol. The lowest BCUT2D eigenvalue weighted by molar-refractivity contribution is 0.0130. The number of pyridine rings is 2. The summed E-state index contributed by atoms with van der Waals surface area (Å²) in [6.45, 7) is 10.9. The molecular formula is C22H30BrN5O3. The summed E-state index contributed by atoms with van der Waals surface area (Å²) in [5, 5.41) is 0.653. The first-order valence-corrected chi connectivity index (χ1v) is 11.5. The van der Waals surface area contributed by atoms with Crippen molar-refractivity contribution in [3.8, 4) is 0 Å². The van der Waals surface area contributed by atoms with Crippen molar-refractivity contribution < 1.29 is 9.53 Å². The van der Waals surface area contributed by atoms with E-state index in [1.807, 2.05) is 45.9 Å². The van der Waals surface area contributed by atoms with E-state index in [1.165, 1.54) is 10.7 Å². The van der Waals surface area contributed by atoms with E-state index in [1.54, 1.807) is 17.2 Å². The predicted molar refractivity (Wildman–Crippen MR) is 126 cm³/mol. The summed E-state index contributed by atoms with van der Waals surface area (Å²) in [5.41, 5.74) is 3.36. The molecule has 0 radical (unpaired) electrons. The van der Waals surface area contributed by atoms with E-state index in [0.717, 1.165) is 11.4 Å². The molecule has 1 aliphatic heterocycles. The highest BCUT2D eigenvalue weighted by Crippen LogP contribution is 2.24. The molecule has 1 N–H and O–H groups in total. The number of piperazine rings is 1. The van der Waals surface area contributed by atoms with Crippen LogP contribution in [0.3, 0.4) is 0 Å². The third-order valence-corrected chi connectivity index (χ3v) is 5.65. The van der Waals surface area contributed by atoms with Crippen molar-refractivity contribution in [1.29, 1.82) is 0 Å². The molecule has 2 aromatic heterocycles. The maximum Gasteiger partial charge on any atom is 0.410 e. The highest BCUT2D eigenvalue weighted by atomic mass is 79.9. The molecule has 0 aliphatic carbocycles. The number of aromatic nitrogens is 2. The van der Waals surface area contributed by atoms with Crippen molar-refractivity contribution in [1.82, 2.24) is 14.6 Å². The van der Waals surface area contributed by atoms with Crippen LogP contribution in [0, 0.1) is 0 Å². The first-order chi connectivity index (χ1) is 14.6. The number of carbonyl (C=O) groups is 1. The third-order valence-electron chi connectivity index (χ3n) is 5.00. The van der Waals surface area contributed by atoms with Crippen molar-refractivity contribution in [3.63, 3.8) is 0 Å². The van der Waals surface area contributed by atoms with Gasteiger partial charge in [0.25, 0.3) is 5.56 Å². The molecule has 0 spiro atoms. The molecule has 8 nitrogen and oxygen atoms in total. The molecule has 1 saturated heterocycles. The Kier molecular flexibility index (Phi) is 6.93. The summed E-state index contributed by atoms with van der Waals surface area (Å²) in [5.74, 6) is 1.36. The quantitative estimate of drug-likeness (QED) is 0.654. The second kappa shape index (κ2) is 9.30. The number of hydrogen-bond acceptors (Lipinski definition) is 6. The Morgan fingerprint density at radius 3 is 2.61 bits per heavy atom. The number of nitrogens with zero attached hydrogens (tertiary/aromatic N) is 4. The molecule has 3 heterocycles. The number of nitrogens with one attached hydrogen (secondary N) is 1. The van der Waals surface area contributed by atoms with Crippen LogP contribution < -0.4 is 15.9 Å². The second-order valence-corrected chi connectivity index (χ2v) is 9.42. The maximum atomic E-state index is 12.6. The Bertz CT molecular complexity index is 988. The minimum Gasteiger partial charge on any atom is -0.444 e. The van der Waals surface area contributed by atoms with E-state index in [2.05, 4.69) is 33.2 Å². The van der Waals surface area contributed by atoms with Gasteiger partial charge in [0, 0.05) is 42.8 Å². The van der Waals surface area contributed by atoms with E-state index in [0.29, 0.717) is 24.2 Å². The van der Waals surface area contributed by atoms with Gasteiger partial charge in [-0.2, -0.15) is 0 Å². The molecule has 31 heavy (non-hydrogen) atoms. The zero-order valence-corrected chi connectivity index (χ0v) is 20.2. The Morgan fingerprint density at radius 1 is 1.19 bits per heavy atom. The fourth-order valence-corrected chi connectivity index (χ4v) is 3.82. The lowest BCUT2D eigenvalue weighted by Crippen LogP contribution is -2.59. The van der Waals surface area contributed by atoms with Gasteiger partial charge in [0.1, 0.15) is 17.2 Å². The smallest absolute Gasteiger partial charge is 0.410 e. The average Bonchev–Trinajstić information content (AvgIpc) is 2.70. The molecule has 0 aromatic carbocycles. The zero-order chi connectivity index (χ0) is 22.8. The molecule has 9 heteroatoms. The van der Waals surface area contributed by atoms with Crippen molar-refractivity contribution in [2.24, 2.45) is 0 Å². The minimum atomic E-state index is -0.525. The number of carbonyl (C=O) groups excluding carboxylic acids is 1. The van der Waals surface area contributed by atoms with Crippen LogP contribution in [0.25, 0.3) is 0 Å². The van der Waals surface area contributed by atoms with Gasteiger partial charge in [-0.05, 0) is 52.3 Å². The number of anilines is 2. The molecule has 168 valence electrons. The van der Waals surface area contributed by atoms with Crippen molar-refractivity contribution >= 4 is 33.7 Å². The summed E-state index contributed by atoms with van der Waals surface area (Å²) in [4.78, 5) is 33.4. The molecule has 0 unspecified atom stereocenters. The standard InChI is InChI=1S/C22H30BrN5O3/c1-15-13-27(21(30)31-22(3,4)5)16(2)12-26(15)19-8-6-7-18(24-19)25-28-14-17(11-23)9-10-20(28)29/h6-10,14-16H,11-13H2,1-5H3,(H,24,25)/t15-,16+/m0/s1. The Morgan fingerprint density at radius 2 is 1.94 bits per heavy atom. The van der Waals surface area contributed by atoms with Gasteiger partial charge in [0.05, 0.1) is 0 Å². The van der Waals surface area contributed by atoms with E-state index in [-0.39, 0.29) is 23.7 Å². The predicted octanol–water partition coefficient (Wildman–Crippen LogP) is 3.85. The molecular weight excluding hydrogens is 462 g/mol. The summed E-state index contributed by atoms with van der Waals surface area (Å²) < 4.78 is 6.99. The lowest BCUT2D eigenvalue weighted by atomic mass is 10.1. The van der Waals surface area contributed by atoms with Gasteiger partial charge in [-0.1, -0.05) is 28.1 Å². The van der Waals surface area contributed by atoms with Gasteiger partial charge in [0.15, 0.2) is 0 Å². The van der Waals surface area contributed by atoms with E-state index < -0.39 is 5.60 Å². The zero-order valence-electron chi connectivity index (χ0n) is 18.6. The fraction of sp³-hybridized carbons (Fsp3) is 0.500. The van der Waals surface area contributed by atoms with Crippen LogP contribution in [-0.2, 0) is 10.1 Å². The summed E-state index contributed by atoms with van der Waals surface area (Å²) >= 11 is 3.41. The van der Waals surface area contributed by atoms with Crippen molar-refractivity contribution in [3.05, 3.63) is 52.4 Å². The first kappa shape index (κ1) is 23.1.